The van der Waals surface area contributed by atoms with Gasteiger partial charge in [-0.3, -0.25) is 4.79 Å². The summed E-state index contributed by atoms with van der Waals surface area (Å²) in [5, 5.41) is 20.3. The summed E-state index contributed by atoms with van der Waals surface area (Å²) in [5.41, 5.74) is 22.2. The van der Waals surface area contributed by atoms with E-state index in [0.29, 0.717) is 38.0 Å². The lowest BCUT2D eigenvalue weighted by Crippen LogP contribution is -2.76. The fourth-order valence-electron chi connectivity index (χ4n) is 7.89. The molecule has 0 amide bonds. The van der Waals surface area contributed by atoms with Crippen LogP contribution in [-0.4, -0.2) is 38.5 Å². The van der Waals surface area contributed by atoms with Gasteiger partial charge < -0.3 is 33.1 Å². The summed E-state index contributed by atoms with van der Waals surface area (Å²) >= 11 is 0. The maximum absolute atomic E-state index is 12.1. The first-order valence-electron chi connectivity index (χ1n) is 10.4. The zero-order chi connectivity index (χ0) is 20.1. The summed E-state index contributed by atoms with van der Waals surface area (Å²) in [4.78, 5) is 12.1. The van der Waals surface area contributed by atoms with Gasteiger partial charge in [-0.05, 0) is 68.6 Å². The average molecular weight is 381 g/mol. The molecule has 0 bridgehead atoms. The van der Waals surface area contributed by atoms with E-state index in [1.54, 1.807) is 0 Å². The minimum atomic E-state index is -1.27. The first-order valence-corrected chi connectivity index (χ1v) is 10.4. The molecule has 10 N–H and O–H groups in total. The fourth-order valence-corrected chi connectivity index (χ4v) is 7.89. The molecule has 4 rings (SSSR count). The highest BCUT2D eigenvalue weighted by Gasteiger charge is 2.73. The van der Waals surface area contributed by atoms with E-state index in [4.69, 9.17) is 22.9 Å². The van der Waals surface area contributed by atoms with Crippen molar-refractivity contribution in [3.8, 4) is 0 Å². The largest absolute Gasteiger partial charge is 0.480 e. The van der Waals surface area contributed by atoms with Crippen molar-refractivity contribution >= 4 is 5.97 Å². The zero-order valence-corrected chi connectivity index (χ0v) is 16.6. The Morgan fingerprint density at radius 3 is 2.15 bits per heavy atom. The molecule has 8 atom stereocenters. The lowest BCUT2D eigenvalue weighted by Gasteiger charge is -2.68. The number of carboxylic acid groups (broad SMARTS) is 1. The van der Waals surface area contributed by atoms with Crippen LogP contribution in [0, 0.1) is 22.7 Å². The van der Waals surface area contributed by atoms with E-state index in [9.17, 15) is 15.0 Å². The van der Waals surface area contributed by atoms with Crippen molar-refractivity contribution in [1.29, 1.82) is 0 Å². The van der Waals surface area contributed by atoms with Gasteiger partial charge in [-0.25, -0.2) is 0 Å². The van der Waals surface area contributed by atoms with Gasteiger partial charge in [0.25, 0.3) is 0 Å². The van der Waals surface area contributed by atoms with E-state index in [-0.39, 0.29) is 11.3 Å². The summed E-state index contributed by atoms with van der Waals surface area (Å²) in [5.74, 6) is -0.426. The van der Waals surface area contributed by atoms with Gasteiger partial charge in [-0.2, -0.15) is 0 Å². The van der Waals surface area contributed by atoms with Crippen molar-refractivity contribution in [3.63, 3.8) is 0 Å². The quantitative estimate of drug-likeness (QED) is 0.363. The van der Waals surface area contributed by atoms with Crippen LogP contribution in [0.1, 0.15) is 71.6 Å². The molecule has 7 nitrogen and oxygen atoms in total. The highest BCUT2D eigenvalue weighted by atomic mass is 16.4. The molecule has 0 spiro atoms. The van der Waals surface area contributed by atoms with Crippen LogP contribution in [0.3, 0.4) is 0 Å². The Balaban J connectivity index is 1.74. The molecule has 0 saturated heterocycles. The Morgan fingerprint density at radius 2 is 1.52 bits per heavy atom. The number of hydrogen-bond donors (Lipinski definition) is 6. The summed E-state index contributed by atoms with van der Waals surface area (Å²) in [6.07, 6.45) is 5.96. The molecule has 27 heavy (non-hydrogen) atoms. The van der Waals surface area contributed by atoms with E-state index in [1.807, 2.05) is 6.92 Å². The van der Waals surface area contributed by atoms with Crippen LogP contribution in [0.2, 0.25) is 0 Å². The Hall–Kier alpha value is -0.730. The molecule has 0 radical (unpaired) electrons. The van der Waals surface area contributed by atoms with Crippen LogP contribution in [0.4, 0.5) is 0 Å². The van der Waals surface area contributed by atoms with Crippen molar-refractivity contribution in [2.24, 2.45) is 45.6 Å². The van der Waals surface area contributed by atoms with E-state index in [1.165, 1.54) is 0 Å². The van der Waals surface area contributed by atoms with Crippen LogP contribution in [0.5, 0.6) is 0 Å². The second-order valence-corrected chi connectivity index (χ2v) is 10.8. The summed E-state index contributed by atoms with van der Waals surface area (Å²) in [7, 11) is 0. The molecule has 0 aromatic rings. The molecule has 4 aliphatic rings. The third-order valence-electron chi connectivity index (χ3n) is 9.99. The Kier molecular flexibility index (Phi) is 3.80. The van der Waals surface area contributed by atoms with E-state index >= 15 is 0 Å². The fraction of sp³-hybridized carbons (Fsp3) is 0.950. The molecule has 3 unspecified atom stereocenters. The van der Waals surface area contributed by atoms with Gasteiger partial charge in [-0.15, -0.1) is 0 Å². The van der Waals surface area contributed by atoms with E-state index < -0.39 is 33.7 Å². The van der Waals surface area contributed by atoms with E-state index in [2.05, 4.69) is 6.92 Å². The molecule has 4 aliphatic carbocycles. The van der Waals surface area contributed by atoms with Crippen LogP contribution in [-0.2, 0) is 4.79 Å². The third-order valence-corrected chi connectivity index (χ3v) is 9.99. The lowest BCUT2D eigenvalue weighted by molar-refractivity contribution is -0.174. The van der Waals surface area contributed by atoms with Gasteiger partial charge in [0.2, 0.25) is 0 Å². The molecule has 4 fully saturated rings. The molecule has 0 aromatic heterocycles. The molecular formula is C20H36N4O3. The first-order chi connectivity index (χ1) is 12.2. The van der Waals surface area contributed by atoms with Gasteiger partial charge in [0.1, 0.15) is 11.3 Å². The van der Waals surface area contributed by atoms with Crippen LogP contribution < -0.4 is 22.9 Å². The Labute approximate surface area is 161 Å². The van der Waals surface area contributed by atoms with Gasteiger partial charge in [0.15, 0.2) is 0 Å². The number of aliphatic carboxylic acids is 1. The standard InChI is InChI=1S/C20H36N4O3/c1-15-7-8-18(22,27)11-17(15,21)6-4-13-12(15)3-5-16(2)19(13,23)9-10-20(16,24)14(25)26/h12-13,27H,3-11,21-24H2,1-2H3,(H,25,26)/t12-,13-,15-,16+,17?,18?,19-,20?/m1/s1. The van der Waals surface area contributed by atoms with Crippen molar-refractivity contribution in [2.45, 2.75) is 94.0 Å². The smallest absolute Gasteiger partial charge is 0.324 e. The van der Waals surface area contributed by atoms with Crippen molar-refractivity contribution in [3.05, 3.63) is 0 Å². The molecule has 154 valence electrons. The number of carboxylic acids is 1. The van der Waals surface area contributed by atoms with E-state index in [0.717, 1.165) is 25.7 Å². The molecule has 0 aliphatic heterocycles. The minimum absolute atomic E-state index is 0.154. The van der Waals surface area contributed by atoms with Gasteiger partial charge >= 0.3 is 5.97 Å². The van der Waals surface area contributed by atoms with Crippen molar-refractivity contribution in [2.75, 3.05) is 0 Å². The highest BCUT2D eigenvalue weighted by molar-refractivity contribution is 5.81. The number of rotatable bonds is 1. The maximum Gasteiger partial charge on any atom is 0.324 e. The minimum Gasteiger partial charge on any atom is -0.480 e. The second kappa shape index (κ2) is 5.25. The summed E-state index contributed by atoms with van der Waals surface area (Å²) in [6.45, 7) is 4.24. The van der Waals surface area contributed by atoms with Gasteiger partial charge in [-0.1, -0.05) is 13.8 Å². The Bertz CT molecular complexity index is 686. The maximum atomic E-state index is 12.1. The number of aliphatic hydroxyl groups is 1. The normalized spacial score (nSPS) is 60.3. The zero-order valence-electron chi connectivity index (χ0n) is 16.6. The number of hydrogen-bond acceptors (Lipinski definition) is 6. The molecular weight excluding hydrogens is 344 g/mol. The Morgan fingerprint density at radius 1 is 0.889 bits per heavy atom. The van der Waals surface area contributed by atoms with Crippen molar-refractivity contribution in [1.82, 2.24) is 0 Å². The molecule has 0 heterocycles. The van der Waals surface area contributed by atoms with Crippen LogP contribution >= 0.6 is 0 Å². The molecule has 0 aromatic carbocycles. The van der Waals surface area contributed by atoms with Crippen LogP contribution in [0.15, 0.2) is 0 Å². The molecule has 7 heteroatoms. The summed E-state index contributed by atoms with van der Waals surface area (Å²) in [6, 6.07) is 0. The van der Waals surface area contributed by atoms with Gasteiger partial charge in [0.05, 0.1) is 0 Å². The lowest BCUT2D eigenvalue weighted by atomic mass is 9.40. The topological polar surface area (TPSA) is 162 Å². The monoisotopic (exact) mass is 380 g/mol. The predicted octanol–water partition coefficient (Wildman–Crippen LogP) is 0.621. The second-order valence-electron chi connectivity index (χ2n) is 10.8. The van der Waals surface area contributed by atoms with Crippen molar-refractivity contribution < 1.29 is 15.0 Å². The number of nitrogens with two attached hydrogens (primary N) is 4. The first kappa shape index (κ1) is 19.6. The third kappa shape index (κ3) is 2.12. The average Bonchev–Trinajstić information content (AvgIpc) is 2.78. The number of fused-ring (bicyclic) bond motifs is 5. The predicted molar refractivity (Wildman–Crippen MR) is 102 cm³/mol. The molecule has 4 saturated carbocycles. The van der Waals surface area contributed by atoms with Gasteiger partial charge in [0, 0.05) is 22.9 Å². The number of carbonyl (C=O) groups is 1. The van der Waals surface area contributed by atoms with Crippen LogP contribution in [0.25, 0.3) is 0 Å². The summed E-state index contributed by atoms with van der Waals surface area (Å²) < 4.78 is 0. The SMILES string of the molecule is C[C@]12CCC(N)(O)CC1(N)CC[C@@H]1[C@H]2CC[C@]2(C)C(N)(C(=O)O)CC[C@@]12N. The highest BCUT2D eigenvalue weighted by Crippen LogP contribution is 2.69.